The van der Waals surface area contributed by atoms with Crippen LogP contribution in [0, 0.1) is 40.9 Å². The first kappa shape index (κ1) is 22.6. The summed E-state index contributed by atoms with van der Waals surface area (Å²) in [6.07, 6.45) is 13.2. The zero-order valence-corrected chi connectivity index (χ0v) is 21.7. The Balaban J connectivity index is 1.25. The van der Waals surface area contributed by atoms with Gasteiger partial charge < -0.3 is 14.9 Å². The number of hydrogen-bond acceptors (Lipinski definition) is 4. The monoisotopic (exact) mass is 454 g/mol. The zero-order valence-electron chi connectivity index (χ0n) is 21.7. The maximum atomic E-state index is 7.05. The molecule has 0 aromatic carbocycles. The number of hydrogen-bond donors (Lipinski definition) is 1. The van der Waals surface area contributed by atoms with E-state index in [9.17, 15) is 0 Å². The molecule has 5 fully saturated rings. The Labute approximate surface area is 201 Å². The van der Waals surface area contributed by atoms with E-state index in [-0.39, 0.29) is 5.60 Å². The second-order valence-corrected chi connectivity index (χ2v) is 13.2. The highest BCUT2D eigenvalue weighted by atomic mass is 16.6. The summed E-state index contributed by atoms with van der Waals surface area (Å²) >= 11 is 0. The molecular weight excluding hydrogens is 408 g/mol. The van der Waals surface area contributed by atoms with E-state index in [4.69, 9.17) is 9.57 Å². The van der Waals surface area contributed by atoms with Crippen LogP contribution in [0.15, 0.2) is 16.3 Å². The SMILES string of the molecule is CON=C1CC[C@@]2(C)[C@H](CC[C@H]3[C@@H]4CCC5(CC(C)=C4C[C@@H]32)O[C@@H]2C[C@H](C)CN[C@H]2[C@H]5C)C1. The molecule has 0 aromatic heterocycles. The number of oxime groups is 1. The van der Waals surface area contributed by atoms with Gasteiger partial charge in [-0.1, -0.05) is 37.1 Å². The predicted molar refractivity (Wildman–Crippen MR) is 133 cm³/mol. The van der Waals surface area contributed by atoms with Gasteiger partial charge in [-0.25, -0.2) is 0 Å². The number of piperidine rings is 1. The normalized spacial score (nSPS) is 52.8. The lowest BCUT2D eigenvalue weighted by molar-refractivity contribution is -0.0734. The van der Waals surface area contributed by atoms with Gasteiger partial charge in [0.1, 0.15) is 7.11 Å². The van der Waals surface area contributed by atoms with Crippen LogP contribution in [-0.2, 0) is 9.57 Å². The molecule has 2 saturated heterocycles. The molecule has 1 unspecified atom stereocenters. The maximum absolute atomic E-state index is 7.05. The summed E-state index contributed by atoms with van der Waals surface area (Å²) in [5, 5.41) is 8.23. The average Bonchev–Trinajstić information content (AvgIpc) is 3.24. The number of fused-ring (bicyclic) bond motifs is 6. The highest BCUT2D eigenvalue weighted by Crippen LogP contribution is 2.65. The summed E-state index contributed by atoms with van der Waals surface area (Å²) in [5.41, 5.74) is 5.41. The highest BCUT2D eigenvalue weighted by molar-refractivity contribution is 5.85. The third kappa shape index (κ3) is 3.40. The van der Waals surface area contributed by atoms with Gasteiger partial charge in [-0.05, 0) is 113 Å². The van der Waals surface area contributed by atoms with Crippen LogP contribution in [0.25, 0.3) is 0 Å². The molecule has 10 atom stereocenters. The highest BCUT2D eigenvalue weighted by Gasteiger charge is 2.59. The van der Waals surface area contributed by atoms with Crippen LogP contribution in [0.3, 0.4) is 0 Å². The van der Waals surface area contributed by atoms with Crippen molar-refractivity contribution in [3.63, 3.8) is 0 Å². The van der Waals surface area contributed by atoms with Gasteiger partial charge >= 0.3 is 0 Å². The molecule has 1 spiro atoms. The standard InChI is InChI=1S/C29H46N2O2/c1-17-12-26-27(30-16-17)19(3)29(33-26)11-9-22-23-7-6-20-13-21(31-32-5)8-10-28(20,4)25(23)14-24(22)18(2)15-29/h17,19-20,22-23,25-27,30H,6-16H2,1-5H3/t17-,19+,20+,22-,23-,25-,26+,27-,28-,29?/m0/s1. The molecule has 0 amide bonds. The molecular formula is C29H46N2O2. The zero-order chi connectivity index (χ0) is 23.0. The Bertz CT molecular complexity index is 851. The number of rotatable bonds is 1. The van der Waals surface area contributed by atoms with Crippen molar-refractivity contribution in [3.05, 3.63) is 11.1 Å². The molecule has 4 aliphatic carbocycles. The van der Waals surface area contributed by atoms with E-state index in [0.29, 0.717) is 23.5 Å². The summed E-state index contributed by atoms with van der Waals surface area (Å²) < 4.78 is 7.05. The third-order valence-electron chi connectivity index (χ3n) is 11.7. The molecule has 2 aliphatic heterocycles. The first-order valence-corrected chi connectivity index (χ1v) is 14.0. The summed E-state index contributed by atoms with van der Waals surface area (Å²) in [5.74, 6) is 4.72. The van der Waals surface area contributed by atoms with Gasteiger partial charge in [0.05, 0.1) is 17.4 Å². The molecule has 2 heterocycles. The van der Waals surface area contributed by atoms with E-state index < -0.39 is 0 Å². The van der Waals surface area contributed by atoms with Crippen LogP contribution in [0.2, 0.25) is 0 Å². The van der Waals surface area contributed by atoms with E-state index in [0.717, 1.165) is 42.6 Å². The quantitative estimate of drug-likeness (QED) is 0.384. The lowest BCUT2D eigenvalue weighted by atomic mass is 9.52. The maximum Gasteiger partial charge on any atom is 0.106 e. The lowest BCUT2D eigenvalue weighted by Crippen LogP contribution is -2.48. The van der Waals surface area contributed by atoms with Gasteiger partial charge in [-0.15, -0.1) is 0 Å². The van der Waals surface area contributed by atoms with E-state index in [2.05, 4.69) is 38.2 Å². The fraction of sp³-hybridized carbons (Fsp3) is 0.897. The van der Waals surface area contributed by atoms with Crippen LogP contribution < -0.4 is 5.32 Å². The van der Waals surface area contributed by atoms with Crippen molar-refractivity contribution in [2.45, 2.75) is 110 Å². The molecule has 33 heavy (non-hydrogen) atoms. The van der Waals surface area contributed by atoms with Crippen molar-refractivity contribution in [1.29, 1.82) is 0 Å². The van der Waals surface area contributed by atoms with E-state index in [1.165, 1.54) is 63.5 Å². The number of nitrogens with one attached hydrogen (secondary N) is 1. The number of ether oxygens (including phenoxy) is 1. The van der Waals surface area contributed by atoms with Gasteiger partial charge in [-0.3, -0.25) is 0 Å². The molecule has 0 aromatic rings. The number of nitrogens with zero attached hydrogens (tertiary/aromatic N) is 1. The van der Waals surface area contributed by atoms with E-state index in [1.807, 2.05) is 5.57 Å². The molecule has 4 heteroatoms. The van der Waals surface area contributed by atoms with E-state index >= 15 is 0 Å². The van der Waals surface area contributed by atoms with Gasteiger partial charge in [0.25, 0.3) is 0 Å². The second kappa shape index (κ2) is 8.08. The van der Waals surface area contributed by atoms with Crippen molar-refractivity contribution >= 4 is 5.71 Å². The topological polar surface area (TPSA) is 42.9 Å². The van der Waals surface area contributed by atoms with Crippen LogP contribution in [0.4, 0.5) is 0 Å². The first-order valence-electron chi connectivity index (χ1n) is 14.0. The van der Waals surface area contributed by atoms with Crippen molar-refractivity contribution in [1.82, 2.24) is 5.32 Å². The second-order valence-electron chi connectivity index (χ2n) is 13.2. The smallest absolute Gasteiger partial charge is 0.106 e. The average molecular weight is 455 g/mol. The van der Waals surface area contributed by atoms with Gasteiger partial charge in [0.2, 0.25) is 0 Å². The summed E-state index contributed by atoms with van der Waals surface area (Å²) in [4.78, 5) is 5.15. The minimum absolute atomic E-state index is 0.0702. The Hall–Kier alpha value is -0.870. The van der Waals surface area contributed by atoms with Gasteiger partial charge in [0, 0.05) is 12.0 Å². The molecule has 184 valence electrons. The summed E-state index contributed by atoms with van der Waals surface area (Å²) in [7, 11) is 1.70. The molecule has 0 bridgehead atoms. The first-order chi connectivity index (χ1) is 15.8. The molecule has 6 aliphatic rings. The fourth-order valence-corrected chi connectivity index (χ4v) is 9.84. The Kier molecular flexibility index (Phi) is 5.53. The van der Waals surface area contributed by atoms with Crippen molar-refractivity contribution in [2.24, 2.45) is 46.1 Å². The van der Waals surface area contributed by atoms with Crippen LogP contribution in [-0.4, -0.2) is 37.1 Å². The van der Waals surface area contributed by atoms with Gasteiger partial charge in [-0.2, -0.15) is 0 Å². The number of allylic oxidation sites excluding steroid dienone is 1. The lowest BCUT2D eigenvalue weighted by Gasteiger charge is -2.52. The third-order valence-corrected chi connectivity index (χ3v) is 11.7. The Morgan fingerprint density at radius 3 is 2.79 bits per heavy atom. The Morgan fingerprint density at radius 2 is 1.97 bits per heavy atom. The minimum Gasteiger partial charge on any atom is -0.399 e. The van der Waals surface area contributed by atoms with Crippen LogP contribution in [0.1, 0.15) is 91.9 Å². The van der Waals surface area contributed by atoms with Crippen LogP contribution in [0.5, 0.6) is 0 Å². The molecule has 4 nitrogen and oxygen atoms in total. The van der Waals surface area contributed by atoms with Crippen molar-refractivity contribution in [2.75, 3.05) is 13.7 Å². The summed E-state index contributed by atoms with van der Waals surface area (Å²) in [6, 6.07) is 0.559. The molecule has 3 saturated carbocycles. The molecule has 0 radical (unpaired) electrons. The van der Waals surface area contributed by atoms with E-state index in [1.54, 1.807) is 12.7 Å². The molecule has 6 rings (SSSR count). The molecule has 1 N–H and O–H groups in total. The Morgan fingerprint density at radius 1 is 1.12 bits per heavy atom. The predicted octanol–water partition coefficient (Wildman–Crippen LogP) is 6.11. The van der Waals surface area contributed by atoms with Gasteiger partial charge in [0.15, 0.2) is 0 Å². The van der Waals surface area contributed by atoms with Crippen molar-refractivity contribution in [3.8, 4) is 0 Å². The summed E-state index contributed by atoms with van der Waals surface area (Å²) in [6.45, 7) is 11.1. The fourth-order valence-electron chi connectivity index (χ4n) is 9.84. The van der Waals surface area contributed by atoms with Crippen molar-refractivity contribution < 1.29 is 9.57 Å². The van der Waals surface area contributed by atoms with Crippen LogP contribution >= 0.6 is 0 Å². The largest absolute Gasteiger partial charge is 0.399 e. The minimum atomic E-state index is 0.0702.